The van der Waals surface area contributed by atoms with Gasteiger partial charge in [0.2, 0.25) is 0 Å². The monoisotopic (exact) mass is 232 g/mol. The molecule has 0 bridgehead atoms. The first-order valence-corrected chi connectivity index (χ1v) is 6.62. The van der Waals surface area contributed by atoms with E-state index in [0.29, 0.717) is 6.42 Å². The molecule has 0 aliphatic rings. The average molecular weight is 232 g/mol. The third kappa shape index (κ3) is 3.61. The molecule has 1 rings (SSSR count). The van der Waals surface area contributed by atoms with E-state index >= 15 is 0 Å². The lowest BCUT2D eigenvalue weighted by molar-refractivity contribution is 0.495. The second-order valence-electron chi connectivity index (χ2n) is 3.52. The molecule has 1 unspecified atom stereocenters. The molecule has 0 aliphatic heterocycles. The summed E-state index contributed by atoms with van der Waals surface area (Å²) in [5, 5.41) is 4.00. The molecule has 1 atom stereocenters. The highest BCUT2D eigenvalue weighted by molar-refractivity contribution is 7.90. The Morgan fingerprint density at radius 1 is 1.67 bits per heavy atom. The lowest BCUT2D eigenvalue weighted by Gasteiger charge is -2.15. The van der Waals surface area contributed by atoms with Crippen LogP contribution in [0.15, 0.2) is 12.3 Å². The van der Waals surface area contributed by atoms with Gasteiger partial charge in [-0.2, -0.15) is 5.10 Å². The van der Waals surface area contributed by atoms with Crippen molar-refractivity contribution in [2.45, 2.75) is 12.5 Å². The quantitative estimate of drug-likeness (QED) is 0.520. The van der Waals surface area contributed by atoms with Gasteiger partial charge < -0.3 is 0 Å². The Bertz CT molecular complexity index is 412. The zero-order valence-electron chi connectivity index (χ0n) is 8.84. The fourth-order valence-electron chi connectivity index (χ4n) is 1.37. The van der Waals surface area contributed by atoms with Gasteiger partial charge in [0.05, 0.1) is 17.5 Å². The number of hydrogen-bond donors (Lipinski definition) is 2. The summed E-state index contributed by atoms with van der Waals surface area (Å²) in [4.78, 5) is 0. The number of aromatic nitrogens is 2. The minimum absolute atomic E-state index is 0.104. The highest BCUT2D eigenvalue weighted by Crippen LogP contribution is 2.15. The van der Waals surface area contributed by atoms with E-state index in [4.69, 9.17) is 5.84 Å². The second-order valence-corrected chi connectivity index (χ2v) is 5.78. The third-order valence-electron chi connectivity index (χ3n) is 2.19. The highest BCUT2D eigenvalue weighted by Gasteiger charge is 2.15. The van der Waals surface area contributed by atoms with E-state index in [-0.39, 0.29) is 11.8 Å². The maximum Gasteiger partial charge on any atom is 0.147 e. The van der Waals surface area contributed by atoms with Crippen molar-refractivity contribution in [2.24, 2.45) is 12.9 Å². The number of hydrazine groups is 1. The zero-order chi connectivity index (χ0) is 11.5. The average Bonchev–Trinajstić information content (AvgIpc) is 2.52. The van der Waals surface area contributed by atoms with Crippen molar-refractivity contribution in [1.29, 1.82) is 0 Å². The summed E-state index contributed by atoms with van der Waals surface area (Å²) in [6.07, 6.45) is 3.30. The predicted molar refractivity (Wildman–Crippen MR) is 57.6 cm³/mol. The van der Waals surface area contributed by atoms with Crippen LogP contribution in [0.1, 0.15) is 18.2 Å². The number of rotatable bonds is 5. The lowest BCUT2D eigenvalue weighted by atomic mass is 10.2. The molecule has 86 valence electrons. The summed E-state index contributed by atoms with van der Waals surface area (Å²) >= 11 is 0. The number of hydrogen-bond acceptors (Lipinski definition) is 5. The lowest BCUT2D eigenvalue weighted by Crippen LogP contribution is -2.31. The van der Waals surface area contributed by atoms with Crippen LogP contribution < -0.4 is 11.3 Å². The van der Waals surface area contributed by atoms with Crippen LogP contribution in [0.2, 0.25) is 0 Å². The van der Waals surface area contributed by atoms with Crippen molar-refractivity contribution in [3.8, 4) is 0 Å². The van der Waals surface area contributed by atoms with Crippen LogP contribution in [0.5, 0.6) is 0 Å². The van der Waals surface area contributed by atoms with Crippen LogP contribution in [-0.4, -0.2) is 30.2 Å². The van der Waals surface area contributed by atoms with Crippen molar-refractivity contribution >= 4 is 9.84 Å². The van der Waals surface area contributed by atoms with Crippen molar-refractivity contribution in [2.75, 3.05) is 12.0 Å². The topological polar surface area (TPSA) is 90.0 Å². The Balaban J connectivity index is 2.70. The number of nitrogens with two attached hydrogens (primary N) is 1. The van der Waals surface area contributed by atoms with Crippen molar-refractivity contribution in [1.82, 2.24) is 15.2 Å². The molecule has 7 heteroatoms. The van der Waals surface area contributed by atoms with Gasteiger partial charge in [0.15, 0.2) is 0 Å². The molecule has 1 heterocycles. The van der Waals surface area contributed by atoms with Crippen LogP contribution in [-0.2, 0) is 16.9 Å². The number of sulfone groups is 1. The Kier molecular flexibility index (Phi) is 3.83. The molecular weight excluding hydrogens is 216 g/mol. The molecule has 0 aliphatic carbocycles. The van der Waals surface area contributed by atoms with Gasteiger partial charge in [-0.25, -0.2) is 8.42 Å². The summed E-state index contributed by atoms with van der Waals surface area (Å²) in [6, 6.07) is 1.62. The van der Waals surface area contributed by atoms with Crippen LogP contribution in [0.4, 0.5) is 0 Å². The first-order valence-electron chi connectivity index (χ1n) is 4.56. The van der Waals surface area contributed by atoms with E-state index in [1.165, 1.54) is 6.26 Å². The standard InChI is InChI=1S/C8H16N4O2S/c1-12-8(3-5-10-12)7(11-9)4-6-15(2,13)14/h3,5,7,11H,4,6,9H2,1-2H3. The van der Waals surface area contributed by atoms with Gasteiger partial charge in [-0.15, -0.1) is 0 Å². The molecule has 1 aromatic heterocycles. The molecule has 0 spiro atoms. The van der Waals surface area contributed by atoms with Crippen LogP contribution in [0, 0.1) is 0 Å². The van der Waals surface area contributed by atoms with Gasteiger partial charge in [-0.05, 0) is 12.5 Å². The summed E-state index contributed by atoms with van der Waals surface area (Å²) in [6.45, 7) is 0. The van der Waals surface area contributed by atoms with E-state index in [9.17, 15) is 8.42 Å². The molecule has 0 radical (unpaired) electrons. The fraction of sp³-hybridized carbons (Fsp3) is 0.625. The Labute approximate surface area is 89.3 Å². The summed E-state index contributed by atoms with van der Waals surface area (Å²) in [5.41, 5.74) is 3.47. The van der Waals surface area contributed by atoms with Gasteiger partial charge in [-0.3, -0.25) is 16.0 Å². The molecule has 6 nitrogen and oxygen atoms in total. The number of nitrogens with zero attached hydrogens (tertiary/aromatic N) is 2. The van der Waals surface area contributed by atoms with Gasteiger partial charge in [0.1, 0.15) is 9.84 Å². The maximum absolute atomic E-state index is 11.0. The number of aryl methyl sites for hydroxylation is 1. The molecule has 0 fully saturated rings. The van der Waals surface area contributed by atoms with Crippen LogP contribution in [0.25, 0.3) is 0 Å². The normalized spacial score (nSPS) is 14.1. The molecule has 0 amide bonds. The van der Waals surface area contributed by atoms with E-state index in [0.717, 1.165) is 5.69 Å². The van der Waals surface area contributed by atoms with E-state index in [1.807, 2.05) is 6.07 Å². The third-order valence-corrected chi connectivity index (χ3v) is 3.17. The first kappa shape index (κ1) is 12.2. The molecular formula is C8H16N4O2S. The van der Waals surface area contributed by atoms with Gasteiger partial charge in [0.25, 0.3) is 0 Å². The van der Waals surface area contributed by atoms with Crippen molar-refractivity contribution < 1.29 is 8.42 Å². The molecule has 0 saturated heterocycles. The molecule has 1 aromatic rings. The van der Waals surface area contributed by atoms with Crippen molar-refractivity contribution in [3.05, 3.63) is 18.0 Å². The molecule has 3 N–H and O–H groups in total. The first-order chi connectivity index (χ1) is 6.94. The second kappa shape index (κ2) is 4.73. The van der Waals surface area contributed by atoms with Gasteiger partial charge >= 0.3 is 0 Å². The summed E-state index contributed by atoms with van der Waals surface area (Å²) in [7, 11) is -1.17. The summed E-state index contributed by atoms with van der Waals surface area (Å²) in [5.74, 6) is 5.48. The fourth-order valence-corrected chi connectivity index (χ4v) is 2.04. The molecule has 0 aromatic carbocycles. The minimum Gasteiger partial charge on any atom is -0.271 e. The van der Waals surface area contributed by atoms with Crippen molar-refractivity contribution in [3.63, 3.8) is 0 Å². The van der Waals surface area contributed by atoms with E-state index in [1.54, 1.807) is 17.9 Å². The van der Waals surface area contributed by atoms with Gasteiger partial charge in [0, 0.05) is 19.5 Å². The Morgan fingerprint density at radius 2 is 2.33 bits per heavy atom. The van der Waals surface area contributed by atoms with E-state index < -0.39 is 9.84 Å². The number of nitrogens with one attached hydrogen (secondary N) is 1. The van der Waals surface area contributed by atoms with Crippen LogP contribution in [0.3, 0.4) is 0 Å². The Hall–Kier alpha value is -0.920. The highest BCUT2D eigenvalue weighted by atomic mass is 32.2. The molecule has 15 heavy (non-hydrogen) atoms. The van der Waals surface area contributed by atoms with E-state index in [2.05, 4.69) is 10.5 Å². The smallest absolute Gasteiger partial charge is 0.147 e. The largest absolute Gasteiger partial charge is 0.271 e. The van der Waals surface area contributed by atoms with Crippen LogP contribution >= 0.6 is 0 Å². The predicted octanol–water partition coefficient (Wildman–Crippen LogP) is -0.641. The zero-order valence-corrected chi connectivity index (χ0v) is 9.66. The molecule has 0 saturated carbocycles. The SMILES string of the molecule is Cn1nccc1C(CCS(C)(=O)=O)NN. The Morgan fingerprint density at radius 3 is 2.73 bits per heavy atom. The minimum atomic E-state index is -2.96. The summed E-state index contributed by atoms with van der Waals surface area (Å²) < 4.78 is 23.7. The van der Waals surface area contributed by atoms with Gasteiger partial charge in [-0.1, -0.05) is 0 Å². The maximum atomic E-state index is 11.0.